The molecule has 0 atom stereocenters. The van der Waals surface area contributed by atoms with Gasteiger partial charge in [0.2, 0.25) is 0 Å². The van der Waals surface area contributed by atoms with Crippen molar-refractivity contribution in [2.45, 2.75) is 71.6 Å². The molecule has 0 bridgehead atoms. The van der Waals surface area contributed by atoms with Crippen molar-refractivity contribution in [2.24, 2.45) is 17.8 Å². The number of rotatable bonds is 7. The van der Waals surface area contributed by atoms with Crippen molar-refractivity contribution in [1.29, 1.82) is 0 Å². The highest BCUT2D eigenvalue weighted by molar-refractivity contribution is 5.69. The van der Waals surface area contributed by atoms with E-state index in [1.165, 1.54) is 50.5 Å². The van der Waals surface area contributed by atoms with E-state index in [0.29, 0.717) is 18.9 Å². The molecule has 2 saturated carbocycles. The fraction of sp³-hybridized carbons (Fsp3) is 0.833. The van der Waals surface area contributed by atoms with Crippen molar-refractivity contribution in [3.05, 3.63) is 11.6 Å². The summed E-state index contributed by atoms with van der Waals surface area (Å²) in [5, 5.41) is 0. The Labute approximate surface area is 124 Å². The van der Waals surface area contributed by atoms with Crippen molar-refractivity contribution in [1.82, 2.24) is 0 Å². The van der Waals surface area contributed by atoms with Crippen molar-refractivity contribution in [3.63, 3.8) is 0 Å². The number of allylic oxidation sites excluding steroid dienone is 1. The van der Waals surface area contributed by atoms with Crippen LogP contribution in [0.3, 0.4) is 0 Å². The second kappa shape index (κ2) is 7.85. The van der Waals surface area contributed by atoms with Gasteiger partial charge < -0.3 is 4.74 Å². The predicted molar refractivity (Wildman–Crippen MR) is 82.4 cm³/mol. The number of hydrogen-bond donors (Lipinski definition) is 0. The molecule has 0 aliphatic heterocycles. The summed E-state index contributed by atoms with van der Waals surface area (Å²) in [6.07, 6.45) is 13.2. The predicted octanol–water partition coefficient (Wildman–Crippen LogP) is 4.88. The van der Waals surface area contributed by atoms with Gasteiger partial charge in [0.1, 0.15) is 6.61 Å². The molecule has 2 rings (SSSR count). The Hall–Kier alpha value is -0.790. The van der Waals surface area contributed by atoms with Crippen LogP contribution in [0.25, 0.3) is 0 Å². The van der Waals surface area contributed by atoms with E-state index in [1.54, 1.807) is 0 Å². The van der Waals surface area contributed by atoms with E-state index in [4.69, 9.17) is 4.74 Å². The molecule has 2 aliphatic carbocycles. The molecule has 20 heavy (non-hydrogen) atoms. The molecule has 2 fully saturated rings. The minimum Gasteiger partial charge on any atom is -0.461 e. The summed E-state index contributed by atoms with van der Waals surface area (Å²) < 4.78 is 5.38. The quantitative estimate of drug-likeness (QED) is 0.490. The lowest BCUT2D eigenvalue weighted by Crippen LogP contribution is -2.14. The first-order valence-corrected chi connectivity index (χ1v) is 8.52. The van der Waals surface area contributed by atoms with Gasteiger partial charge in [0, 0.05) is 6.42 Å². The van der Waals surface area contributed by atoms with E-state index < -0.39 is 0 Å². The lowest BCUT2D eigenvalue weighted by Gasteiger charge is -2.27. The number of carbonyl (C=O) groups is 1. The fourth-order valence-corrected chi connectivity index (χ4v) is 3.34. The topological polar surface area (TPSA) is 26.3 Å². The normalized spacial score (nSPS) is 21.2. The van der Waals surface area contributed by atoms with Crippen LogP contribution in [-0.4, -0.2) is 12.6 Å². The zero-order valence-electron chi connectivity index (χ0n) is 13.2. The highest BCUT2D eigenvalue weighted by Gasteiger charge is 2.22. The first kappa shape index (κ1) is 15.6. The number of hydrogen-bond acceptors (Lipinski definition) is 2. The third-order valence-electron chi connectivity index (χ3n) is 4.76. The average molecular weight is 278 g/mol. The van der Waals surface area contributed by atoms with Crippen LogP contribution >= 0.6 is 0 Å². The highest BCUT2D eigenvalue weighted by atomic mass is 16.5. The Morgan fingerprint density at radius 1 is 1.15 bits per heavy atom. The third-order valence-corrected chi connectivity index (χ3v) is 4.76. The monoisotopic (exact) mass is 278 g/mol. The Morgan fingerprint density at radius 2 is 1.85 bits per heavy atom. The maximum Gasteiger partial charge on any atom is 0.306 e. The molecule has 0 saturated heterocycles. The van der Waals surface area contributed by atoms with Crippen LogP contribution in [0.4, 0.5) is 0 Å². The molecule has 0 aromatic rings. The number of carbonyl (C=O) groups excluding carboxylic acids is 1. The molecule has 2 nitrogen and oxygen atoms in total. The van der Waals surface area contributed by atoms with E-state index in [1.807, 2.05) is 0 Å². The SMILES string of the molecule is CC(C)C(=CCOC(=O)CCC1CC1)C1CCCCC1. The minimum atomic E-state index is -0.0140. The van der Waals surface area contributed by atoms with E-state index in [0.717, 1.165) is 18.3 Å². The maximum atomic E-state index is 11.7. The summed E-state index contributed by atoms with van der Waals surface area (Å²) in [6, 6.07) is 0. The summed E-state index contributed by atoms with van der Waals surface area (Å²) in [6.45, 7) is 5.00. The summed E-state index contributed by atoms with van der Waals surface area (Å²) in [5.41, 5.74) is 1.51. The Bertz CT molecular complexity index is 333. The molecule has 2 aliphatic rings. The zero-order valence-corrected chi connectivity index (χ0v) is 13.2. The summed E-state index contributed by atoms with van der Waals surface area (Å²) in [7, 11) is 0. The van der Waals surface area contributed by atoms with Crippen molar-refractivity contribution in [2.75, 3.05) is 6.61 Å². The third kappa shape index (κ3) is 5.30. The van der Waals surface area contributed by atoms with E-state index >= 15 is 0 Å². The first-order valence-electron chi connectivity index (χ1n) is 8.52. The van der Waals surface area contributed by atoms with Gasteiger partial charge in [-0.05, 0) is 43.1 Å². The van der Waals surface area contributed by atoms with E-state index in [-0.39, 0.29) is 5.97 Å². The summed E-state index contributed by atoms with van der Waals surface area (Å²) in [4.78, 5) is 11.7. The van der Waals surface area contributed by atoms with Gasteiger partial charge in [-0.25, -0.2) is 0 Å². The molecule has 0 spiro atoms. The second-order valence-electron chi connectivity index (χ2n) is 6.86. The van der Waals surface area contributed by atoms with Gasteiger partial charge in [0.15, 0.2) is 0 Å². The lowest BCUT2D eigenvalue weighted by molar-refractivity contribution is -0.142. The molecule has 0 aromatic heterocycles. The van der Waals surface area contributed by atoms with Gasteiger partial charge in [-0.3, -0.25) is 4.79 Å². The van der Waals surface area contributed by atoms with Crippen LogP contribution in [0.1, 0.15) is 71.6 Å². The molecule has 0 radical (unpaired) electrons. The van der Waals surface area contributed by atoms with E-state index in [9.17, 15) is 4.79 Å². The van der Waals surface area contributed by atoms with Gasteiger partial charge in [-0.1, -0.05) is 51.5 Å². The van der Waals surface area contributed by atoms with Crippen LogP contribution in [0.5, 0.6) is 0 Å². The van der Waals surface area contributed by atoms with E-state index in [2.05, 4.69) is 19.9 Å². The summed E-state index contributed by atoms with van der Waals surface area (Å²) in [5.74, 6) is 2.10. The fourth-order valence-electron chi connectivity index (χ4n) is 3.34. The standard InChI is InChI=1S/C18H30O2/c1-14(2)17(16-6-4-3-5-7-16)12-13-20-18(19)11-10-15-8-9-15/h12,14-16H,3-11,13H2,1-2H3. The lowest BCUT2D eigenvalue weighted by atomic mass is 9.79. The van der Waals surface area contributed by atoms with Crippen LogP contribution in [0.15, 0.2) is 11.6 Å². The maximum absolute atomic E-state index is 11.7. The number of ether oxygens (including phenoxy) is 1. The average Bonchev–Trinajstić information content (AvgIpc) is 3.26. The van der Waals surface area contributed by atoms with Gasteiger partial charge in [0.05, 0.1) is 0 Å². The summed E-state index contributed by atoms with van der Waals surface area (Å²) >= 11 is 0. The number of esters is 1. The van der Waals surface area contributed by atoms with Gasteiger partial charge >= 0.3 is 5.97 Å². The molecular weight excluding hydrogens is 248 g/mol. The van der Waals surface area contributed by atoms with Crippen LogP contribution in [0.2, 0.25) is 0 Å². The second-order valence-corrected chi connectivity index (χ2v) is 6.86. The van der Waals surface area contributed by atoms with Crippen molar-refractivity contribution < 1.29 is 9.53 Å². The Morgan fingerprint density at radius 3 is 2.45 bits per heavy atom. The van der Waals surface area contributed by atoms with Crippen molar-refractivity contribution in [3.8, 4) is 0 Å². The smallest absolute Gasteiger partial charge is 0.306 e. The molecule has 0 aromatic carbocycles. The molecular formula is C18H30O2. The van der Waals surface area contributed by atoms with Gasteiger partial charge in [0.25, 0.3) is 0 Å². The molecule has 2 heteroatoms. The van der Waals surface area contributed by atoms with Crippen LogP contribution in [-0.2, 0) is 9.53 Å². The first-order chi connectivity index (χ1) is 9.66. The molecule has 0 unspecified atom stereocenters. The zero-order chi connectivity index (χ0) is 14.4. The van der Waals surface area contributed by atoms with Gasteiger partial charge in [-0.15, -0.1) is 0 Å². The highest BCUT2D eigenvalue weighted by Crippen LogP contribution is 2.34. The molecule has 114 valence electrons. The molecule has 0 amide bonds. The Kier molecular flexibility index (Phi) is 6.12. The minimum absolute atomic E-state index is 0.0140. The Balaban J connectivity index is 1.74. The van der Waals surface area contributed by atoms with Crippen LogP contribution in [0, 0.1) is 17.8 Å². The van der Waals surface area contributed by atoms with Crippen molar-refractivity contribution >= 4 is 5.97 Å². The molecule has 0 heterocycles. The molecule has 0 N–H and O–H groups in total. The van der Waals surface area contributed by atoms with Crippen LogP contribution < -0.4 is 0 Å². The van der Waals surface area contributed by atoms with Gasteiger partial charge in [-0.2, -0.15) is 0 Å². The largest absolute Gasteiger partial charge is 0.461 e.